The number of alkyl halides is 1. The molecule has 0 radical (unpaired) electrons. The molecule has 1 fully saturated rings. The molecule has 1 aliphatic rings. The smallest absolute Gasteiger partial charge is 0.251 e. The van der Waals surface area contributed by atoms with Gasteiger partial charge in [-0.1, -0.05) is 72.3 Å². The fourth-order valence-corrected chi connectivity index (χ4v) is 6.73. The van der Waals surface area contributed by atoms with Crippen molar-refractivity contribution in [3.8, 4) is 0 Å². The second kappa shape index (κ2) is 10.3. The van der Waals surface area contributed by atoms with E-state index in [2.05, 4.69) is 56.9 Å². The average molecular weight is 558 g/mol. The van der Waals surface area contributed by atoms with E-state index < -0.39 is 5.54 Å². The first kappa shape index (κ1) is 25.9. The fraction of sp³-hybridized carbons (Fsp3) is 0.250. The Bertz CT molecular complexity index is 1680. The highest BCUT2D eigenvalue weighted by Crippen LogP contribution is 2.50. The van der Waals surface area contributed by atoms with E-state index in [-0.39, 0.29) is 17.0 Å². The van der Waals surface area contributed by atoms with E-state index in [1.807, 2.05) is 63.0 Å². The molecule has 0 N–H and O–H groups in total. The third-order valence-corrected chi connectivity index (χ3v) is 8.74. The van der Waals surface area contributed by atoms with Crippen LogP contribution in [0.4, 0.5) is 0 Å². The third kappa shape index (κ3) is 4.29. The van der Waals surface area contributed by atoms with Gasteiger partial charge in [0.1, 0.15) is 5.54 Å². The molecule has 0 amide bonds. The highest BCUT2D eigenvalue weighted by atomic mass is 35.5. The van der Waals surface area contributed by atoms with Gasteiger partial charge in [0.05, 0.1) is 23.7 Å². The highest BCUT2D eigenvalue weighted by molar-refractivity contribution is 6.30. The van der Waals surface area contributed by atoms with Gasteiger partial charge in [0.2, 0.25) is 0 Å². The molecular weight excluding hydrogens is 527 g/mol. The number of fused-ring (bicyclic) bond motifs is 1. The number of pyridine rings is 1. The second-order valence-electron chi connectivity index (χ2n) is 10.3. The van der Waals surface area contributed by atoms with E-state index in [1.165, 1.54) is 5.56 Å². The summed E-state index contributed by atoms with van der Waals surface area (Å²) in [6.07, 6.45) is 5.51. The van der Waals surface area contributed by atoms with Crippen LogP contribution in [0.3, 0.4) is 0 Å². The van der Waals surface area contributed by atoms with Gasteiger partial charge < -0.3 is 9.13 Å². The summed E-state index contributed by atoms with van der Waals surface area (Å²) in [6.45, 7) is 0.623. The van der Waals surface area contributed by atoms with Crippen molar-refractivity contribution in [3.05, 3.63) is 135 Å². The molecule has 3 unspecified atom stereocenters. The van der Waals surface area contributed by atoms with Gasteiger partial charge in [0.15, 0.2) is 0 Å². The summed E-state index contributed by atoms with van der Waals surface area (Å²) >= 11 is 13.3. The Hall–Kier alpha value is -3.38. The molecule has 5 aromatic rings. The van der Waals surface area contributed by atoms with Crippen LogP contribution in [0.15, 0.2) is 102 Å². The van der Waals surface area contributed by atoms with E-state index in [9.17, 15) is 4.79 Å². The van der Waals surface area contributed by atoms with Crippen molar-refractivity contribution < 1.29 is 0 Å². The lowest BCUT2D eigenvalue weighted by atomic mass is 9.74. The molecule has 0 aliphatic carbocycles. The van der Waals surface area contributed by atoms with Gasteiger partial charge in [-0.25, -0.2) is 4.98 Å². The number of likely N-dealkylation sites (tertiary alicyclic amines) is 1. The van der Waals surface area contributed by atoms with Crippen LogP contribution in [0, 0.1) is 0 Å². The number of benzene rings is 3. The van der Waals surface area contributed by atoms with Crippen molar-refractivity contribution in [1.29, 1.82) is 0 Å². The van der Waals surface area contributed by atoms with E-state index in [4.69, 9.17) is 23.2 Å². The first-order valence-corrected chi connectivity index (χ1v) is 14.0. The van der Waals surface area contributed by atoms with Crippen molar-refractivity contribution in [2.24, 2.45) is 14.1 Å². The van der Waals surface area contributed by atoms with Crippen LogP contribution in [0.1, 0.15) is 41.3 Å². The maximum Gasteiger partial charge on any atom is 0.251 e. The fourth-order valence-electron chi connectivity index (χ4n) is 6.33. The van der Waals surface area contributed by atoms with Gasteiger partial charge in [-0.3, -0.25) is 9.69 Å². The monoisotopic (exact) mass is 556 g/mol. The molecule has 3 heterocycles. The molecule has 1 aliphatic heterocycles. The average Bonchev–Trinajstić information content (AvgIpc) is 3.39. The van der Waals surface area contributed by atoms with Crippen LogP contribution in [0.5, 0.6) is 0 Å². The normalized spacial score (nSPS) is 19.7. The summed E-state index contributed by atoms with van der Waals surface area (Å²) in [4.78, 5) is 20.7. The molecule has 0 saturated carbocycles. The SMILES string of the molecule is Cn1cncc1C(c1ccccc1)(c1cc(=O)n(C)c2ccccc12)N1CC(Cl)CCC1c1ccc(Cl)cc1. The Balaban J connectivity index is 1.77. The Morgan fingerprint density at radius 2 is 1.64 bits per heavy atom. The van der Waals surface area contributed by atoms with Crippen molar-refractivity contribution >= 4 is 34.1 Å². The maximum atomic E-state index is 13.6. The summed E-state index contributed by atoms with van der Waals surface area (Å²) in [6, 6.07) is 28.5. The molecule has 0 spiro atoms. The quantitative estimate of drug-likeness (QED) is 0.227. The first-order valence-electron chi connectivity index (χ1n) is 13.2. The molecule has 6 rings (SSSR count). The van der Waals surface area contributed by atoms with Crippen molar-refractivity contribution in [2.75, 3.05) is 6.54 Å². The van der Waals surface area contributed by atoms with Crippen molar-refractivity contribution in [2.45, 2.75) is 29.8 Å². The van der Waals surface area contributed by atoms with Gasteiger partial charge in [0.25, 0.3) is 5.56 Å². The van der Waals surface area contributed by atoms with Crippen LogP contribution in [0.2, 0.25) is 5.02 Å². The number of hydrogen-bond acceptors (Lipinski definition) is 3. The second-order valence-corrected chi connectivity index (χ2v) is 11.4. The van der Waals surface area contributed by atoms with E-state index in [1.54, 1.807) is 10.6 Å². The van der Waals surface area contributed by atoms with Gasteiger partial charge in [0, 0.05) is 48.5 Å². The molecular formula is C32H30Cl2N4O. The van der Waals surface area contributed by atoms with Crippen LogP contribution < -0.4 is 5.56 Å². The Kier molecular flexibility index (Phi) is 6.84. The number of halogens is 2. The minimum Gasteiger partial charge on any atom is -0.335 e. The number of aromatic nitrogens is 3. The number of nitrogens with zero attached hydrogens (tertiary/aromatic N) is 4. The van der Waals surface area contributed by atoms with Crippen molar-refractivity contribution in [3.63, 3.8) is 0 Å². The molecule has 198 valence electrons. The molecule has 3 aromatic carbocycles. The topological polar surface area (TPSA) is 43.1 Å². The Labute approximate surface area is 238 Å². The van der Waals surface area contributed by atoms with E-state index >= 15 is 0 Å². The number of aryl methyl sites for hydroxylation is 2. The summed E-state index contributed by atoms with van der Waals surface area (Å²) in [5.74, 6) is 0. The predicted molar refractivity (Wildman–Crippen MR) is 158 cm³/mol. The minimum atomic E-state index is -0.864. The summed E-state index contributed by atoms with van der Waals surface area (Å²) in [5.41, 5.74) is 4.06. The zero-order valence-electron chi connectivity index (χ0n) is 22.0. The van der Waals surface area contributed by atoms with Crippen LogP contribution in [-0.2, 0) is 19.6 Å². The maximum absolute atomic E-state index is 13.6. The summed E-state index contributed by atoms with van der Waals surface area (Å²) in [7, 11) is 3.84. The number of para-hydroxylation sites is 1. The number of piperidine rings is 1. The molecule has 39 heavy (non-hydrogen) atoms. The molecule has 2 aromatic heterocycles. The first-order chi connectivity index (χ1) is 18.9. The van der Waals surface area contributed by atoms with Gasteiger partial charge in [-0.2, -0.15) is 0 Å². The standard InChI is InChI=1S/C32H30Cl2N4O/c1-36-21-35-19-30(36)32(23-8-4-3-5-9-23,27-18-31(39)37(2)29-11-7-6-10-26(27)29)38-20-25(34)16-17-28(38)22-12-14-24(33)15-13-22/h3-15,18-19,21,25,28H,16-17,20H2,1-2H3. The molecule has 7 heteroatoms. The van der Waals surface area contributed by atoms with Crippen LogP contribution >= 0.6 is 23.2 Å². The van der Waals surface area contributed by atoms with Crippen LogP contribution in [0.25, 0.3) is 10.9 Å². The number of rotatable bonds is 5. The minimum absolute atomic E-state index is 0.0233. The molecule has 3 atom stereocenters. The summed E-state index contributed by atoms with van der Waals surface area (Å²) in [5, 5.41) is 1.66. The Morgan fingerprint density at radius 3 is 2.36 bits per heavy atom. The number of hydrogen-bond donors (Lipinski definition) is 0. The lowest BCUT2D eigenvalue weighted by molar-refractivity contribution is 0.0625. The van der Waals surface area contributed by atoms with E-state index in [0.29, 0.717) is 11.6 Å². The molecule has 1 saturated heterocycles. The predicted octanol–water partition coefficient (Wildman–Crippen LogP) is 6.66. The summed E-state index contributed by atoms with van der Waals surface area (Å²) < 4.78 is 3.78. The number of imidazole rings is 1. The van der Waals surface area contributed by atoms with Gasteiger partial charge >= 0.3 is 0 Å². The third-order valence-electron chi connectivity index (χ3n) is 8.13. The largest absolute Gasteiger partial charge is 0.335 e. The zero-order valence-corrected chi connectivity index (χ0v) is 23.5. The molecule has 5 nitrogen and oxygen atoms in total. The van der Waals surface area contributed by atoms with Gasteiger partial charge in [-0.05, 0) is 47.7 Å². The van der Waals surface area contributed by atoms with Crippen LogP contribution in [-0.4, -0.2) is 30.9 Å². The van der Waals surface area contributed by atoms with E-state index in [0.717, 1.165) is 40.6 Å². The lowest BCUT2D eigenvalue weighted by Gasteiger charge is -2.52. The van der Waals surface area contributed by atoms with Gasteiger partial charge in [-0.15, -0.1) is 11.6 Å². The highest BCUT2D eigenvalue weighted by Gasteiger charge is 2.50. The Morgan fingerprint density at radius 1 is 0.923 bits per heavy atom. The lowest BCUT2D eigenvalue weighted by Crippen LogP contribution is -2.55. The molecule has 0 bridgehead atoms. The zero-order chi connectivity index (χ0) is 27.1. The van der Waals surface area contributed by atoms with Crippen molar-refractivity contribution in [1.82, 2.24) is 19.0 Å².